The number of rotatable bonds is 6. The molecule has 6 heteroatoms. The van der Waals surface area contributed by atoms with Crippen molar-refractivity contribution in [3.63, 3.8) is 0 Å². The third-order valence-corrected chi connectivity index (χ3v) is 5.74. The van der Waals surface area contributed by atoms with Crippen molar-refractivity contribution >= 4 is 17.3 Å². The van der Waals surface area contributed by atoms with Crippen LogP contribution < -0.4 is 15.0 Å². The van der Waals surface area contributed by atoms with Gasteiger partial charge in [-0.15, -0.1) is 0 Å². The van der Waals surface area contributed by atoms with Crippen LogP contribution in [0.5, 0.6) is 5.75 Å². The molecule has 2 aromatic carbocycles. The highest BCUT2D eigenvalue weighted by molar-refractivity contribution is 5.92. The maximum absolute atomic E-state index is 12.6. The Morgan fingerprint density at radius 3 is 2.48 bits per heavy atom. The van der Waals surface area contributed by atoms with Gasteiger partial charge in [-0.3, -0.25) is 9.69 Å². The predicted molar refractivity (Wildman–Crippen MR) is 115 cm³/mol. The zero-order chi connectivity index (χ0) is 20.1. The molecule has 0 aliphatic carbocycles. The predicted octanol–water partition coefficient (Wildman–Crippen LogP) is 3.31. The smallest absolute Gasteiger partial charge is 0.238 e. The number of nitrogens with one attached hydrogen (secondary N) is 1. The van der Waals surface area contributed by atoms with Crippen LogP contribution in [0.2, 0.25) is 0 Å². The summed E-state index contributed by atoms with van der Waals surface area (Å²) in [5.74, 6) is 0.890. The van der Waals surface area contributed by atoms with Crippen LogP contribution in [0, 0.1) is 0 Å². The zero-order valence-corrected chi connectivity index (χ0v) is 17.0. The number of likely N-dealkylation sites (tertiary alicyclic amines) is 1. The van der Waals surface area contributed by atoms with Crippen molar-refractivity contribution in [2.24, 2.45) is 0 Å². The molecule has 0 radical (unpaired) electrons. The van der Waals surface area contributed by atoms with E-state index in [1.165, 1.54) is 11.3 Å². The van der Waals surface area contributed by atoms with Gasteiger partial charge in [0.05, 0.1) is 26.9 Å². The fraction of sp³-hybridized carbons (Fsp3) is 0.435. The van der Waals surface area contributed by atoms with Crippen LogP contribution in [0.1, 0.15) is 24.4 Å². The topological polar surface area (TPSA) is 54.0 Å². The first-order valence-corrected chi connectivity index (χ1v) is 10.3. The van der Waals surface area contributed by atoms with E-state index in [1.807, 2.05) is 24.3 Å². The standard InChI is InChI=1S/C23H29N3O3/c1-28-21-10-4-18(5-11-21)22-3-2-12-26(22)17-23(27)24-19-6-8-20(9-7-19)25-13-15-29-16-14-25/h4-11,22H,2-3,12-17H2,1H3,(H,24,27). The summed E-state index contributed by atoms with van der Waals surface area (Å²) in [5.41, 5.74) is 3.25. The van der Waals surface area contributed by atoms with Gasteiger partial charge >= 0.3 is 0 Å². The lowest BCUT2D eigenvalue weighted by Gasteiger charge is -2.29. The van der Waals surface area contributed by atoms with Crippen LogP contribution in [0.15, 0.2) is 48.5 Å². The molecule has 6 nitrogen and oxygen atoms in total. The van der Waals surface area contributed by atoms with E-state index in [0.29, 0.717) is 6.54 Å². The Labute approximate surface area is 172 Å². The van der Waals surface area contributed by atoms with Crippen molar-refractivity contribution in [2.75, 3.05) is 56.7 Å². The van der Waals surface area contributed by atoms with Gasteiger partial charge in [0.1, 0.15) is 5.75 Å². The largest absolute Gasteiger partial charge is 0.497 e. The maximum Gasteiger partial charge on any atom is 0.238 e. The van der Waals surface area contributed by atoms with Gasteiger partial charge in [0.2, 0.25) is 5.91 Å². The van der Waals surface area contributed by atoms with Crippen molar-refractivity contribution in [3.05, 3.63) is 54.1 Å². The fourth-order valence-corrected chi connectivity index (χ4v) is 4.18. The number of nitrogens with zero attached hydrogens (tertiary/aromatic N) is 2. The van der Waals surface area contributed by atoms with E-state index in [0.717, 1.165) is 57.1 Å². The number of anilines is 2. The van der Waals surface area contributed by atoms with E-state index in [1.54, 1.807) is 7.11 Å². The van der Waals surface area contributed by atoms with Gasteiger partial charge < -0.3 is 19.7 Å². The Bertz CT molecular complexity index is 801. The number of carbonyl (C=O) groups is 1. The van der Waals surface area contributed by atoms with Crippen molar-refractivity contribution in [3.8, 4) is 5.75 Å². The Hall–Kier alpha value is -2.57. The first-order chi connectivity index (χ1) is 14.2. The zero-order valence-electron chi connectivity index (χ0n) is 17.0. The molecule has 1 amide bonds. The average molecular weight is 396 g/mol. The molecule has 0 spiro atoms. The number of hydrogen-bond acceptors (Lipinski definition) is 5. The summed E-state index contributed by atoms with van der Waals surface area (Å²) in [6.07, 6.45) is 2.19. The molecule has 2 fully saturated rings. The summed E-state index contributed by atoms with van der Waals surface area (Å²) < 4.78 is 10.7. The minimum Gasteiger partial charge on any atom is -0.497 e. The molecule has 0 aromatic heterocycles. The van der Waals surface area contributed by atoms with Crippen LogP contribution >= 0.6 is 0 Å². The molecule has 1 N–H and O–H groups in total. The summed E-state index contributed by atoms with van der Waals surface area (Å²) in [4.78, 5) is 17.2. The van der Waals surface area contributed by atoms with E-state index in [-0.39, 0.29) is 11.9 Å². The highest BCUT2D eigenvalue weighted by atomic mass is 16.5. The van der Waals surface area contributed by atoms with E-state index >= 15 is 0 Å². The minimum atomic E-state index is 0.0320. The molecular formula is C23H29N3O3. The molecule has 1 unspecified atom stereocenters. The van der Waals surface area contributed by atoms with Gasteiger partial charge in [0.25, 0.3) is 0 Å². The van der Waals surface area contributed by atoms with E-state index in [4.69, 9.17) is 9.47 Å². The summed E-state index contributed by atoms with van der Waals surface area (Å²) >= 11 is 0. The number of ether oxygens (including phenoxy) is 2. The normalized spacial score (nSPS) is 19.9. The molecule has 154 valence electrons. The first kappa shape index (κ1) is 19.7. The summed E-state index contributed by atoms with van der Waals surface area (Å²) in [6, 6.07) is 16.6. The highest BCUT2D eigenvalue weighted by Gasteiger charge is 2.27. The summed E-state index contributed by atoms with van der Waals surface area (Å²) in [7, 11) is 1.68. The summed E-state index contributed by atoms with van der Waals surface area (Å²) in [6.45, 7) is 4.70. The van der Waals surface area contributed by atoms with E-state index in [9.17, 15) is 4.79 Å². The lowest BCUT2D eigenvalue weighted by atomic mass is 10.0. The number of benzene rings is 2. The molecule has 4 rings (SSSR count). The van der Waals surface area contributed by atoms with Crippen LogP contribution in [0.25, 0.3) is 0 Å². The second-order valence-corrected chi connectivity index (χ2v) is 7.60. The summed E-state index contributed by atoms with van der Waals surface area (Å²) in [5, 5.41) is 3.05. The Morgan fingerprint density at radius 2 is 1.79 bits per heavy atom. The van der Waals surface area contributed by atoms with E-state index in [2.05, 4.69) is 39.4 Å². The van der Waals surface area contributed by atoms with Crippen LogP contribution in [-0.4, -0.2) is 57.3 Å². The molecule has 2 aliphatic rings. The lowest BCUT2D eigenvalue weighted by molar-refractivity contribution is -0.117. The van der Waals surface area contributed by atoms with Crippen molar-refractivity contribution in [1.82, 2.24) is 4.90 Å². The molecule has 29 heavy (non-hydrogen) atoms. The lowest BCUT2D eigenvalue weighted by Crippen LogP contribution is -2.36. The van der Waals surface area contributed by atoms with Crippen molar-refractivity contribution in [2.45, 2.75) is 18.9 Å². The monoisotopic (exact) mass is 395 g/mol. The van der Waals surface area contributed by atoms with Crippen LogP contribution in [-0.2, 0) is 9.53 Å². The number of methoxy groups -OCH3 is 1. The van der Waals surface area contributed by atoms with Gasteiger partial charge in [-0.2, -0.15) is 0 Å². The third-order valence-electron chi connectivity index (χ3n) is 5.74. The molecule has 0 bridgehead atoms. The third kappa shape index (κ3) is 4.89. The van der Waals surface area contributed by atoms with Crippen molar-refractivity contribution < 1.29 is 14.3 Å². The van der Waals surface area contributed by atoms with Crippen molar-refractivity contribution in [1.29, 1.82) is 0 Å². The second-order valence-electron chi connectivity index (χ2n) is 7.60. The number of hydrogen-bond donors (Lipinski definition) is 1. The number of amides is 1. The first-order valence-electron chi connectivity index (χ1n) is 10.3. The molecule has 0 saturated carbocycles. The second kappa shape index (κ2) is 9.29. The Morgan fingerprint density at radius 1 is 1.07 bits per heavy atom. The number of morpholine rings is 1. The van der Waals surface area contributed by atoms with Gasteiger partial charge in [-0.1, -0.05) is 12.1 Å². The Balaban J connectivity index is 1.33. The molecular weight excluding hydrogens is 366 g/mol. The van der Waals surface area contributed by atoms with E-state index < -0.39 is 0 Å². The van der Waals surface area contributed by atoms with Crippen LogP contribution in [0.3, 0.4) is 0 Å². The SMILES string of the molecule is COc1ccc(C2CCCN2CC(=O)Nc2ccc(N3CCOCC3)cc2)cc1. The quantitative estimate of drug-likeness (QED) is 0.813. The highest BCUT2D eigenvalue weighted by Crippen LogP contribution is 2.32. The molecule has 2 saturated heterocycles. The molecule has 2 aliphatic heterocycles. The Kier molecular flexibility index (Phi) is 6.32. The maximum atomic E-state index is 12.6. The average Bonchev–Trinajstić information content (AvgIpc) is 3.23. The van der Waals surface area contributed by atoms with Gasteiger partial charge in [0, 0.05) is 30.5 Å². The van der Waals surface area contributed by atoms with Gasteiger partial charge in [-0.25, -0.2) is 0 Å². The fourth-order valence-electron chi connectivity index (χ4n) is 4.18. The van der Waals surface area contributed by atoms with Crippen LogP contribution in [0.4, 0.5) is 11.4 Å². The molecule has 2 aromatic rings. The molecule has 2 heterocycles. The minimum absolute atomic E-state index is 0.0320. The molecule has 1 atom stereocenters. The number of carbonyl (C=O) groups excluding carboxylic acids is 1. The van der Waals surface area contributed by atoms with Gasteiger partial charge in [-0.05, 0) is 61.3 Å². The van der Waals surface area contributed by atoms with Gasteiger partial charge in [0.15, 0.2) is 0 Å².